The molecule has 0 saturated carbocycles. The van der Waals surface area contributed by atoms with Crippen molar-refractivity contribution < 1.29 is 22.7 Å². The van der Waals surface area contributed by atoms with Crippen molar-refractivity contribution in [2.75, 3.05) is 7.05 Å². The molecular weight excluding hydrogens is 500 g/mol. The maximum absolute atomic E-state index is 13.1. The Labute approximate surface area is 214 Å². The number of sulfonamides is 1. The highest BCUT2D eigenvalue weighted by atomic mass is 35.5. The minimum atomic E-state index is -3.92. The Hall–Kier alpha value is -3.46. The number of aryl methyl sites for hydroxylation is 1. The van der Waals surface area contributed by atoms with Crippen molar-refractivity contribution in [3.63, 3.8) is 0 Å². The number of carbonyl (C=O) groups excluding carboxylic acids is 2. The van der Waals surface area contributed by atoms with E-state index in [0.29, 0.717) is 11.3 Å². The summed E-state index contributed by atoms with van der Waals surface area (Å²) in [5, 5.41) is 0.753. The monoisotopic (exact) mass is 524 g/mol. The summed E-state index contributed by atoms with van der Waals surface area (Å²) in [7, 11) is -2.47. The minimum Gasteiger partial charge on any atom is -0.451 e. The van der Waals surface area contributed by atoms with Crippen LogP contribution in [0, 0.1) is 6.92 Å². The van der Waals surface area contributed by atoms with Crippen molar-refractivity contribution in [1.29, 1.82) is 0 Å². The Morgan fingerprint density at radius 3 is 2.42 bits per heavy atom. The highest BCUT2D eigenvalue weighted by Gasteiger charge is 2.28. The summed E-state index contributed by atoms with van der Waals surface area (Å²) < 4.78 is 32.9. The van der Waals surface area contributed by atoms with Crippen LogP contribution in [0.3, 0.4) is 0 Å². The molecule has 1 unspecified atom stereocenters. The third-order valence-corrected chi connectivity index (χ3v) is 8.04. The minimum absolute atomic E-state index is 0.0209. The van der Waals surface area contributed by atoms with Crippen LogP contribution in [0.5, 0.6) is 0 Å². The summed E-state index contributed by atoms with van der Waals surface area (Å²) in [4.78, 5) is 29.2. The molecule has 0 amide bonds. The molecular formula is C27H25ClN2O5S. The molecule has 186 valence electrons. The van der Waals surface area contributed by atoms with Gasteiger partial charge in [-0.25, -0.2) is 13.2 Å². The molecule has 36 heavy (non-hydrogen) atoms. The predicted octanol–water partition coefficient (Wildman–Crippen LogP) is 5.38. The summed E-state index contributed by atoms with van der Waals surface area (Å²) in [5.74, 6) is -1.26. The predicted molar refractivity (Wildman–Crippen MR) is 139 cm³/mol. The first-order valence-electron chi connectivity index (χ1n) is 11.2. The van der Waals surface area contributed by atoms with Gasteiger partial charge in [-0.1, -0.05) is 60.1 Å². The lowest BCUT2D eigenvalue weighted by Crippen LogP contribution is -2.27. The van der Waals surface area contributed by atoms with Crippen LogP contribution in [0.4, 0.5) is 0 Å². The molecule has 4 rings (SSSR count). The molecule has 1 heterocycles. The van der Waals surface area contributed by atoms with E-state index < -0.39 is 22.1 Å². The van der Waals surface area contributed by atoms with Crippen molar-refractivity contribution in [3.8, 4) is 0 Å². The molecule has 3 aromatic carbocycles. The summed E-state index contributed by atoms with van der Waals surface area (Å²) in [6.45, 7) is 3.41. The second kappa shape index (κ2) is 10.3. The average Bonchev–Trinajstić information content (AvgIpc) is 3.19. The van der Waals surface area contributed by atoms with Crippen molar-refractivity contribution >= 4 is 44.3 Å². The molecule has 1 aromatic heterocycles. The van der Waals surface area contributed by atoms with E-state index in [1.54, 1.807) is 6.92 Å². The Balaban J connectivity index is 1.55. The number of halogens is 1. The molecule has 9 heteroatoms. The topological polar surface area (TPSA) is 96.5 Å². The van der Waals surface area contributed by atoms with Gasteiger partial charge in [0.2, 0.25) is 15.8 Å². The Morgan fingerprint density at radius 2 is 1.69 bits per heavy atom. The van der Waals surface area contributed by atoms with Gasteiger partial charge in [0.25, 0.3) is 0 Å². The number of nitrogens with zero attached hydrogens (tertiary/aromatic N) is 1. The van der Waals surface area contributed by atoms with Crippen molar-refractivity contribution in [2.45, 2.75) is 31.4 Å². The number of aromatic amines is 1. The number of carbonyl (C=O) groups is 2. The number of rotatable bonds is 8. The summed E-state index contributed by atoms with van der Waals surface area (Å²) >= 11 is 6.22. The second-order valence-electron chi connectivity index (χ2n) is 8.47. The van der Waals surface area contributed by atoms with Gasteiger partial charge >= 0.3 is 5.97 Å². The zero-order valence-electron chi connectivity index (χ0n) is 20.0. The van der Waals surface area contributed by atoms with E-state index in [4.69, 9.17) is 16.3 Å². The molecule has 0 aliphatic heterocycles. The smallest absolute Gasteiger partial charge is 0.340 e. The van der Waals surface area contributed by atoms with Gasteiger partial charge in [0.05, 0.1) is 15.5 Å². The maximum atomic E-state index is 13.1. The highest BCUT2D eigenvalue weighted by Crippen LogP contribution is 2.27. The number of aromatic nitrogens is 1. The number of ketones is 1. The van der Waals surface area contributed by atoms with Crippen LogP contribution in [0.1, 0.15) is 38.9 Å². The largest absolute Gasteiger partial charge is 0.451 e. The third kappa shape index (κ3) is 5.06. The van der Waals surface area contributed by atoms with Gasteiger partial charge in [-0.15, -0.1) is 0 Å². The number of hydrogen-bond donors (Lipinski definition) is 1. The summed E-state index contributed by atoms with van der Waals surface area (Å²) in [6.07, 6.45) is -1.12. The lowest BCUT2D eigenvalue weighted by Gasteiger charge is -2.18. The van der Waals surface area contributed by atoms with Crippen LogP contribution >= 0.6 is 11.6 Å². The van der Waals surface area contributed by atoms with Crippen molar-refractivity contribution in [2.24, 2.45) is 0 Å². The third-order valence-electron chi connectivity index (χ3n) is 5.91. The molecule has 0 aliphatic carbocycles. The van der Waals surface area contributed by atoms with Crippen LogP contribution in [-0.2, 0) is 21.3 Å². The fraction of sp³-hybridized carbons (Fsp3) is 0.185. The Kier molecular flexibility index (Phi) is 7.31. The van der Waals surface area contributed by atoms with Gasteiger partial charge in [0, 0.05) is 35.8 Å². The summed E-state index contributed by atoms with van der Waals surface area (Å²) in [6, 6.07) is 20.3. The van der Waals surface area contributed by atoms with Gasteiger partial charge in [-0.05, 0) is 43.7 Å². The van der Waals surface area contributed by atoms with Gasteiger partial charge in [0.1, 0.15) is 0 Å². The number of Topliss-reactive ketones (excluding diaryl/α,β-unsaturated/α-hetero) is 1. The maximum Gasteiger partial charge on any atom is 0.340 e. The lowest BCUT2D eigenvalue weighted by molar-refractivity contribution is 0.0319. The Bertz CT molecular complexity index is 1550. The van der Waals surface area contributed by atoms with Crippen LogP contribution in [0.25, 0.3) is 10.9 Å². The fourth-order valence-corrected chi connectivity index (χ4v) is 5.38. The Morgan fingerprint density at radius 1 is 1.03 bits per heavy atom. The molecule has 7 nitrogen and oxygen atoms in total. The summed E-state index contributed by atoms with van der Waals surface area (Å²) in [5.41, 5.74) is 2.59. The van der Waals surface area contributed by atoms with Crippen LogP contribution < -0.4 is 0 Å². The van der Waals surface area contributed by atoms with Crippen LogP contribution in [-0.4, -0.2) is 42.6 Å². The quantitative estimate of drug-likeness (QED) is 0.246. The van der Waals surface area contributed by atoms with Crippen LogP contribution in [0.2, 0.25) is 5.02 Å². The first kappa shape index (κ1) is 25.6. The van der Waals surface area contributed by atoms with Gasteiger partial charge in [0.15, 0.2) is 6.10 Å². The molecule has 1 atom stereocenters. The zero-order valence-corrected chi connectivity index (χ0v) is 21.6. The first-order valence-corrected chi connectivity index (χ1v) is 13.0. The molecule has 0 spiro atoms. The molecule has 4 aromatic rings. The van der Waals surface area contributed by atoms with E-state index in [2.05, 4.69) is 4.98 Å². The zero-order chi connectivity index (χ0) is 26.0. The average molecular weight is 525 g/mol. The number of para-hydroxylation sites is 1. The van der Waals surface area contributed by atoms with Gasteiger partial charge < -0.3 is 9.72 Å². The second-order valence-corrected chi connectivity index (χ2v) is 10.9. The van der Waals surface area contributed by atoms with Crippen LogP contribution in [0.15, 0.2) is 77.7 Å². The number of hydrogen-bond acceptors (Lipinski definition) is 5. The van der Waals surface area contributed by atoms with E-state index in [1.165, 1.54) is 36.5 Å². The number of fused-ring (bicyclic) bond motifs is 1. The standard InChI is InChI=1S/C27H25ClN2O5S/c1-17-25(21-11-7-8-12-24(21)29-17)26(31)18(2)35-27(32)22-15-20(13-14-23(22)28)36(33,34)30(3)16-19-9-5-4-6-10-19/h4-15,18,29H,16H2,1-3H3. The number of nitrogens with one attached hydrogen (secondary N) is 1. The highest BCUT2D eigenvalue weighted by molar-refractivity contribution is 7.89. The first-order chi connectivity index (χ1) is 17.1. The van der Waals surface area contributed by atoms with E-state index in [1.807, 2.05) is 54.6 Å². The molecule has 0 bridgehead atoms. The molecule has 0 aliphatic rings. The number of benzene rings is 3. The van der Waals surface area contributed by atoms with Gasteiger partial charge in [-0.3, -0.25) is 4.79 Å². The van der Waals surface area contributed by atoms with E-state index in [-0.39, 0.29) is 27.8 Å². The van der Waals surface area contributed by atoms with Crippen molar-refractivity contribution in [3.05, 3.63) is 100 Å². The number of esters is 1. The number of H-pyrrole nitrogens is 1. The van der Waals surface area contributed by atoms with Crippen molar-refractivity contribution in [1.82, 2.24) is 9.29 Å². The normalized spacial score (nSPS) is 12.6. The van der Waals surface area contributed by atoms with Gasteiger partial charge in [-0.2, -0.15) is 4.31 Å². The molecule has 0 radical (unpaired) electrons. The molecule has 0 fully saturated rings. The SMILES string of the molecule is Cc1[nH]c2ccccc2c1C(=O)C(C)OC(=O)c1cc(S(=O)(=O)N(C)Cc2ccccc2)ccc1Cl. The van der Waals surface area contributed by atoms with E-state index in [0.717, 1.165) is 16.5 Å². The van der Waals surface area contributed by atoms with E-state index >= 15 is 0 Å². The fourth-order valence-electron chi connectivity index (χ4n) is 4.00. The molecule has 1 N–H and O–H groups in total. The number of ether oxygens (including phenoxy) is 1. The lowest BCUT2D eigenvalue weighted by atomic mass is 10.0. The molecule has 0 saturated heterocycles. The van der Waals surface area contributed by atoms with E-state index in [9.17, 15) is 18.0 Å².